The van der Waals surface area contributed by atoms with Crippen molar-refractivity contribution in [3.63, 3.8) is 0 Å². The number of hydrogen-bond acceptors (Lipinski definition) is 3. The van der Waals surface area contributed by atoms with Gasteiger partial charge in [0.25, 0.3) is 5.91 Å². The Morgan fingerprint density at radius 2 is 1.72 bits per heavy atom. The quantitative estimate of drug-likeness (QED) is 0.674. The molecule has 0 unspecified atom stereocenters. The van der Waals surface area contributed by atoms with E-state index in [0.717, 1.165) is 35.5 Å². The van der Waals surface area contributed by atoms with Crippen LogP contribution in [0, 0.1) is 6.92 Å². The van der Waals surface area contributed by atoms with Crippen molar-refractivity contribution in [1.29, 1.82) is 0 Å². The van der Waals surface area contributed by atoms with Crippen molar-refractivity contribution in [2.24, 2.45) is 0 Å². The number of aromatic nitrogens is 2. The molecule has 1 heterocycles. The second-order valence-corrected chi connectivity index (χ2v) is 7.70. The lowest BCUT2D eigenvalue weighted by atomic mass is 9.95. The molecule has 0 spiro atoms. The average molecular weight is 389 g/mol. The van der Waals surface area contributed by atoms with E-state index in [0.29, 0.717) is 5.69 Å². The zero-order valence-electron chi connectivity index (χ0n) is 17.0. The molecule has 29 heavy (non-hydrogen) atoms. The molecule has 4 rings (SSSR count). The van der Waals surface area contributed by atoms with Crippen LogP contribution in [0.5, 0.6) is 5.75 Å². The molecule has 1 aliphatic carbocycles. The Hall–Kier alpha value is -3.08. The van der Waals surface area contributed by atoms with Gasteiger partial charge in [-0.1, -0.05) is 37.0 Å². The van der Waals surface area contributed by atoms with Gasteiger partial charge in [-0.15, -0.1) is 0 Å². The summed E-state index contributed by atoms with van der Waals surface area (Å²) in [4.78, 5) is 13.1. The third-order valence-electron chi connectivity index (χ3n) is 5.55. The summed E-state index contributed by atoms with van der Waals surface area (Å²) >= 11 is 0. The van der Waals surface area contributed by atoms with Crippen LogP contribution in [0.4, 0.5) is 0 Å². The van der Waals surface area contributed by atoms with Gasteiger partial charge in [0, 0.05) is 11.6 Å². The van der Waals surface area contributed by atoms with Crippen molar-refractivity contribution in [2.45, 2.75) is 45.1 Å². The maximum absolute atomic E-state index is 13.1. The number of rotatable bonds is 5. The van der Waals surface area contributed by atoms with E-state index in [1.807, 2.05) is 61.5 Å². The van der Waals surface area contributed by atoms with E-state index in [2.05, 4.69) is 5.32 Å². The Morgan fingerprint density at radius 3 is 2.38 bits per heavy atom. The predicted octanol–water partition coefficient (Wildman–Crippen LogP) is 4.92. The van der Waals surface area contributed by atoms with E-state index in [1.165, 1.54) is 24.8 Å². The van der Waals surface area contributed by atoms with E-state index >= 15 is 0 Å². The molecular formula is C24H27N3O2. The molecule has 0 atom stereocenters. The normalized spacial score (nSPS) is 14.6. The molecule has 1 N–H and O–H groups in total. The molecule has 1 saturated carbocycles. The maximum atomic E-state index is 13.1. The molecule has 0 saturated heterocycles. The number of nitrogens with zero attached hydrogens (tertiary/aromatic N) is 2. The second-order valence-electron chi connectivity index (χ2n) is 7.70. The third-order valence-corrected chi connectivity index (χ3v) is 5.55. The fraction of sp³-hybridized carbons (Fsp3) is 0.333. The zero-order valence-corrected chi connectivity index (χ0v) is 17.0. The first-order chi connectivity index (χ1) is 14.1. The largest absolute Gasteiger partial charge is 0.497 e. The number of benzene rings is 2. The van der Waals surface area contributed by atoms with Crippen LogP contribution < -0.4 is 10.1 Å². The molecule has 1 fully saturated rings. The smallest absolute Gasteiger partial charge is 0.270 e. The molecule has 3 aromatic rings. The molecule has 150 valence electrons. The first-order valence-electron chi connectivity index (χ1n) is 10.3. The maximum Gasteiger partial charge on any atom is 0.270 e. The van der Waals surface area contributed by atoms with Gasteiger partial charge >= 0.3 is 0 Å². The molecule has 1 aromatic heterocycles. The van der Waals surface area contributed by atoms with Gasteiger partial charge in [-0.2, -0.15) is 5.10 Å². The van der Waals surface area contributed by atoms with Gasteiger partial charge in [0.1, 0.15) is 11.4 Å². The highest BCUT2D eigenvalue weighted by atomic mass is 16.5. The number of methoxy groups -OCH3 is 1. The van der Waals surface area contributed by atoms with Gasteiger partial charge in [-0.05, 0) is 62.2 Å². The fourth-order valence-corrected chi connectivity index (χ4v) is 3.83. The van der Waals surface area contributed by atoms with Crippen LogP contribution in [0.1, 0.15) is 48.2 Å². The molecule has 5 nitrogen and oxygen atoms in total. The molecule has 1 amide bonds. The van der Waals surface area contributed by atoms with Crippen LogP contribution in [0.2, 0.25) is 0 Å². The third kappa shape index (κ3) is 4.34. The second kappa shape index (κ2) is 8.52. The van der Waals surface area contributed by atoms with Gasteiger partial charge in [0.2, 0.25) is 0 Å². The summed E-state index contributed by atoms with van der Waals surface area (Å²) in [5.41, 5.74) is 4.32. The number of nitrogens with one attached hydrogen (secondary N) is 1. The van der Waals surface area contributed by atoms with Crippen molar-refractivity contribution in [1.82, 2.24) is 15.1 Å². The lowest BCUT2D eigenvalue weighted by Gasteiger charge is -2.22. The van der Waals surface area contributed by atoms with Crippen molar-refractivity contribution in [3.8, 4) is 22.7 Å². The van der Waals surface area contributed by atoms with Crippen LogP contribution in [-0.2, 0) is 0 Å². The van der Waals surface area contributed by atoms with Gasteiger partial charge in [-0.25, -0.2) is 4.68 Å². The summed E-state index contributed by atoms with van der Waals surface area (Å²) in [6.07, 6.45) is 5.72. The molecular weight excluding hydrogens is 362 g/mol. The van der Waals surface area contributed by atoms with Crippen molar-refractivity contribution in [3.05, 3.63) is 65.9 Å². The van der Waals surface area contributed by atoms with E-state index in [-0.39, 0.29) is 11.9 Å². The molecule has 1 aliphatic rings. The summed E-state index contributed by atoms with van der Waals surface area (Å²) in [5.74, 6) is 0.728. The van der Waals surface area contributed by atoms with Crippen LogP contribution in [0.3, 0.4) is 0 Å². The summed E-state index contributed by atoms with van der Waals surface area (Å²) in [5, 5.41) is 7.99. The summed E-state index contributed by atoms with van der Waals surface area (Å²) in [6.45, 7) is 2.05. The first kappa shape index (κ1) is 19.2. The topological polar surface area (TPSA) is 56.1 Å². The van der Waals surface area contributed by atoms with E-state index in [1.54, 1.807) is 11.8 Å². The van der Waals surface area contributed by atoms with Gasteiger partial charge in [0.05, 0.1) is 18.5 Å². The van der Waals surface area contributed by atoms with Gasteiger partial charge < -0.3 is 10.1 Å². The molecule has 0 bridgehead atoms. The Balaban J connectivity index is 1.69. The highest BCUT2D eigenvalue weighted by molar-refractivity contribution is 5.94. The van der Waals surface area contributed by atoms with Crippen LogP contribution in [-0.4, -0.2) is 28.8 Å². The first-order valence-corrected chi connectivity index (χ1v) is 10.3. The number of ether oxygens (including phenoxy) is 1. The Morgan fingerprint density at radius 1 is 1.03 bits per heavy atom. The minimum atomic E-state index is -0.0651. The molecule has 0 radical (unpaired) electrons. The fourth-order valence-electron chi connectivity index (χ4n) is 3.83. The number of aryl methyl sites for hydroxylation is 1. The standard InChI is InChI=1S/C24H27N3O2/c1-17-8-12-20(13-9-17)27-23(24(28)25-19-6-4-3-5-7-19)16-22(26-27)18-10-14-21(29-2)15-11-18/h8-16,19H,3-7H2,1-2H3,(H,25,28). The molecule has 2 aromatic carbocycles. The predicted molar refractivity (Wildman–Crippen MR) is 115 cm³/mol. The van der Waals surface area contributed by atoms with Crippen molar-refractivity contribution >= 4 is 5.91 Å². The van der Waals surface area contributed by atoms with Crippen LogP contribution >= 0.6 is 0 Å². The highest BCUT2D eigenvalue weighted by Crippen LogP contribution is 2.25. The number of carbonyl (C=O) groups excluding carboxylic acids is 1. The van der Waals surface area contributed by atoms with E-state index in [4.69, 9.17) is 9.84 Å². The molecule has 5 heteroatoms. The molecule has 0 aliphatic heterocycles. The van der Waals surface area contributed by atoms with Crippen LogP contribution in [0.15, 0.2) is 54.6 Å². The van der Waals surface area contributed by atoms with E-state index < -0.39 is 0 Å². The zero-order chi connectivity index (χ0) is 20.2. The number of hydrogen-bond donors (Lipinski definition) is 1. The van der Waals surface area contributed by atoms with E-state index in [9.17, 15) is 4.79 Å². The monoisotopic (exact) mass is 389 g/mol. The minimum absolute atomic E-state index is 0.0651. The number of carbonyl (C=O) groups is 1. The lowest BCUT2D eigenvalue weighted by Crippen LogP contribution is -2.37. The Kier molecular flexibility index (Phi) is 5.65. The minimum Gasteiger partial charge on any atom is -0.497 e. The summed E-state index contributed by atoms with van der Waals surface area (Å²) in [6, 6.07) is 17.9. The average Bonchev–Trinajstić information content (AvgIpc) is 3.21. The highest BCUT2D eigenvalue weighted by Gasteiger charge is 2.21. The van der Waals surface area contributed by atoms with Gasteiger partial charge in [0.15, 0.2) is 0 Å². The summed E-state index contributed by atoms with van der Waals surface area (Å²) < 4.78 is 6.99. The Bertz CT molecular complexity index is 968. The Labute approximate surface area is 171 Å². The lowest BCUT2D eigenvalue weighted by molar-refractivity contribution is 0.0920. The van der Waals surface area contributed by atoms with Crippen LogP contribution in [0.25, 0.3) is 16.9 Å². The number of amides is 1. The SMILES string of the molecule is COc1ccc(-c2cc(C(=O)NC3CCCCC3)n(-c3ccc(C)cc3)n2)cc1. The van der Waals surface area contributed by atoms with Crippen molar-refractivity contribution in [2.75, 3.05) is 7.11 Å². The van der Waals surface area contributed by atoms with Gasteiger partial charge in [-0.3, -0.25) is 4.79 Å². The van der Waals surface area contributed by atoms with Crippen molar-refractivity contribution < 1.29 is 9.53 Å². The summed E-state index contributed by atoms with van der Waals surface area (Å²) in [7, 11) is 1.65.